The second kappa shape index (κ2) is 5.95. The average molecular weight is 372 g/mol. The summed E-state index contributed by atoms with van der Waals surface area (Å²) in [6, 6.07) is 0. The molecule has 5 heteroatoms. The second-order valence-corrected chi connectivity index (χ2v) is 9.49. The lowest BCUT2D eigenvalue weighted by Gasteiger charge is -2.57. The Kier molecular flexibility index (Phi) is 4.13. The number of carbonyl (C=O) groups excluding carboxylic acids is 3. The lowest BCUT2D eigenvalue weighted by atomic mass is 9.45. The summed E-state index contributed by atoms with van der Waals surface area (Å²) in [5.74, 6) is -0.836. The van der Waals surface area contributed by atoms with Gasteiger partial charge in [-0.2, -0.15) is 0 Å². The molecule has 146 valence electrons. The molecule has 4 aliphatic rings. The fourth-order valence-electron chi connectivity index (χ4n) is 7.07. The minimum atomic E-state index is -0.842. The van der Waals surface area contributed by atoms with Crippen LogP contribution in [0.1, 0.15) is 46.0 Å². The van der Waals surface area contributed by atoms with Crippen LogP contribution in [0.4, 0.5) is 0 Å². The van der Waals surface area contributed by atoms with Gasteiger partial charge in [-0.05, 0) is 42.6 Å². The Hall–Kier alpha value is -1.59. The van der Waals surface area contributed by atoms with Gasteiger partial charge in [0.15, 0.2) is 11.6 Å². The minimum Gasteiger partial charge on any atom is -0.392 e. The summed E-state index contributed by atoms with van der Waals surface area (Å²) >= 11 is 0. The van der Waals surface area contributed by atoms with Crippen LogP contribution in [0.5, 0.6) is 0 Å². The van der Waals surface area contributed by atoms with Crippen LogP contribution < -0.4 is 0 Å². The number of hydrogen-bond donors (Lipinski definition) is 2. The maximum Gasteiger partial charge on any atom is 0.165 e. The smallest absolute Gasteiger partial charge is 0.165 e. The van der Waals surface area contributed by atoms with E-state index in [4.69, 9.17) is 0 Å². The molecule has 1 unspecified atom stereocenters. The van der Waals surface area contributed by atoms with E-state index >= 15 is 0 Å². The van der Waals surface area contributed by atoms with Gasteiger partial charge in [-0.1, -0.05) is 31.6 Å². The monoisotopic (exact) mass is 372 g/mol. The molecule has 4 rings (SSSR count). The first-order valence-corrected chi connectivity index (χ1v) is 9.90. The molecular weight excluding hydrogens is 344 g/mol. The molecule has 0 aromatic heterocycles. The van der Waals surface area contributed by atoms with Crippen molar-refractivity contribution >= 4 is 17.3 Å². The largest absolute Gasteiger partial charge is 0.392 e. The van der Waals surface area contributed by atoms with E-state index in [2.05, 4.69) is 6.58 Å². The van der Waals surface area contributed by atoms with Crippen LogP contribution in [0.3, 0.4) is 0 Å². The Morgan fingerprint density at radius 2 is 2.00 bits per heavy atom. The molecule has 27 heavy (non-hydrogen) atoms. The number of allylic oxidation sites excluding steroid dienone is 1. The Morgan fingerprint density at radius 1 is 1.30 bits per heavy atom. The molecule has 5 nitrogen and oxygen atoms in total. The molecule has 0 spiro atoms. The lowest BCUT2D eigenvalue weighted by Crippen LogP contribution is -2.59. The van der Waals surface area contributed by atoms with E-state index in [0.29, 0.717) is 12.8 Å². The number of hydrogen-bond acceptors (Lipinski definition) is 5. The standard InChI is InChI=1S/C22H28O5/c1-11-6-15-14-5-4-12-7-13(24)8-18(27)22(12,3)20(14)16(25)9-21(15,2)19(11)17(26)10-23/h7,14-15,18-20,23,27H,1,4-6,8-10H2,2-3H3/t14-,15-,18?,19+,20+,21-,22+/m0/s1. The molecular formula is C22H28O5. The third-order valence-corrected chi connectivity index (χ3v) is 8.23. The highest BCUT2D eigenvalue weighted by atomic mass is 16.3. The quantitative estimate of drug-likeness (QED) is 0.724. The van der Waals surface area contributed by atoms with Crippen molar-refractivity contribution in [1.82, 2.24) is 0 Å². The van der Waals surface area contributed by atoms with Crippen molar-refractivity contribution in [2.24, 2.45) is 34.5 Å². The number of rotatable bonds is 2. The predicted molar refractivity (Wildman–Crippen MR) is 98.6 cm³/mol. The first-order valence-electron chi connectivity index (χ1n) is 9.90. The molecule has 0 radical (unpaired) electrons. The zero-order valence-electron chi connectivity index (χ0n) is 16.0. The van der Waals surface area contributed by atoms with Crippen molar-refractivity contribution in [3.05, 3.63) is 23.8 Å². The van der Waals surface area contributed by atoms with Crippen LogP contribution in [0.25, 0.3) is 0 Å². The van der Waals surface area contributed by atoms with Crippen LogP contribution in [-0.4, -0.2) is 40.3 Å². The summed E-state index contributed by atoms with van der Waals surface area (Å²) in [5, 5.41) is 20.2. The molecule has 0 heterocycles. The molecule has 3 saturated carbocycles. The summed E-state index contributed by atoms with van der Waals surface area (Å²) in [7, 11) is 0. The number of ketones is 3. The number of carbonyl (C=O) groups is 3. The Labute approximate surface area is 159 Å². The van der Waals surface area contributed by atoms with Gasteiger partial charge in [0.1, 0.15) is 12.4 Å². The van der Waals surface area contributed by atoms with Gasteiger partial charge in [0.2, 0.25) is 0 Å². The molecule has 2 N–H and O–H groups in total. The third-order valence-electron chi connectivity index (χ3n) is 8.23. The van der Waals surface area contributed by atoms with Crippen molar-refractivity contribution < 1.29 is 24.6 Å². The SMILES string of the molecule is C=C1C[C@H]2[C@@H]3CCC4=CC(=O)CC(O)[C@]4(C)[C@H]3C(=O)C[C@]2(C)[C@H]1C(=O)CO. The van der Waals surface area contributed by atoms with E-state index in [0.717, 1.165) is 17.6 Å². The summed E-state index contributed by atoms with van der Waals surface area (Å²) in [5.41, 5.74) is 0.516. The fraction of sp³-hybridized carbons (Fsp3) is 0.682. The van der Waals surface area contributed by atoms with Crippen molar-refractivity contribution in [1.29, 1.82) is 0 Å². The van der Waals surface area contributed by atoms with Crippen LogP contribution >= 0.6 is 0 Å². The predicted octanol–water partition coefficient (Wildman–Crippen LogP) is 2.01. The van der Waals surface area contributed by atoms with E-state index in [1.54, 1.807) is 6.08 Å². The molecule has 0 aliphatic heterocycles. The van der Waals surface area contributed by atoms with Gasteiger partial charge in [0, 0.05) is 30.1 Å². The van der Waals surface area contributed by atoms with Crippen LogP contribution in [-0.2, 0) is 14.4 Å². The van der Waals surface area contributed by atoms with Crippen LogP contribution in [0.2, 0.25) is 0 Å². The Morgan fingerprint density at radius 3 is 2.67 bits per heavy atom. The van der Waals surface area contributed by atoms with Gasteiger partial charge in [-0.15, -0.1) is 0 Å². The number of aliphatic hydroxyl groups excluding tert-OH is 2. The zero-order chi connectivity index (χ0) is 19.7. The van der Waals surface area contributed by atoms with Crippen molar-refractivity contribution in [3.8, 4) is 0 Å². The fourth-order valence-corrected chi connectivity index (χ4v) is 7.07. The zero-order valence-corrected chi connectivity index (χ0v) is 16.0. The van der Waals surface area contributed by atoms with Crippen molar-refractivity contribution in [2.75, 3.05) is 6.61 Å². The molecule has 0 saturated heterocycles. The first-order chi connectivity index (χ1) is 12.6. The second-order valence-electron chi connectivity index (χ2n) is 9.49. The molecule has 4 aliphatic carbocycles. The molecule has 7 atom stereocenters. The summed E-state index contributed by atoms with van der Waals surface area (Å²) in [6.07, 6.45) is 3.30. The maximum atomic E-state index is 13.4. The van der Waals surface area contributed by atoms with Crippen LogP contribution in [0.15, 0.2) is 23.8 Å². The van der Waals surface area contributed by atoms with E-state index in [9.17, 15) is 24.6 Å². The molecule has 3 fully saturated rings. The van der Waals surface area contributed by atoms with Gasteiger partial charge in [-0.25, -0.2) is 0 Å². The molecule has 0 aromatic rings. The maximum absolute atomic E-state index is 13.4. The van der Waals surface area contributed by atoms with E-state index in [1.807, 2.05) is 13.8 Å². The minimum absolute atomic E-state index is 0.0643. The summed E-state index contributed by atoms with van der Waals surface area (Å²) in [4.78, 5) is 37.8. The molecule has 0 bridgehead atoms. The van der Waals surface area contributed by atoms with Crippen LogP contribution in [0, 0.1) is 34.5 Å². The van der Waals surface area contributed by atoms with Crippen molar-refractivity contribution in [2.45, 2.75) is 52.1 Å². The third kappa shape index (κ3) is 2.34. The summed E-state index contributed by atoms with van der Waals surface area (Å²) < 4.78 is 0. The van der Waals surface area contributed by atoms with E-state index in [-0.39, 0.29) is 47.9 Å². The van der Waals surface area contributed by atoms with Gasteiger partial charge >= 0.3 is 0 Å². The Balaban J connectivity index is 1.78. The van der Waals surface area contributed by atoms with Gasteiger partial charge in [0.05, 0.1) is 6.10 Å². The van der Waals surface area contributed by atoms with Gasteiger partial charge < -0.3 is 10.2 Å². The number of aliphatic hydroxyl groups is 2. The summed E-state index contributed by atoms with van der Waals surface area (Å²) in [6.45, 7) is 7.52. The number of fused-ring (bicyclic) bond motifs is 5. The highest BCUT2D eigenvalue weighted by Gasteiger charge is 2.65. The highest BCUT2D eigenvalue weighted by Crippen LogP contribution is 2.66. The molecule has 0 amide bonds. The lowest BCUT2D eigenvalue weighted by molar-refractivity contribution is -0.155. The average Bonchev–Trinajstić information content (AvgIpc) is 2.85. The normalized spacial score (nSPS) is 46.4. The highest BCUT2D eigenvalue weighted by molar-refractivity contribution is 5.94. The number of Topliss-reactive ketones (excluding diaryl/α,β-unsaturated/α-hetero) is 2. The topological polar surface area (TPSA) is 91.7 Å². The van der Waals surface area contributed by atoms with Crippen molar-refractivity contribution in [3.63, 3.8) is 0 Å². The first kappa shape index (κ1) is 18.8. The van der Waals surface area contributed by atoms with E-state index < -0.39 is 29.5 Å². The molecule has 0 aromatic carbocycles. The Bertz CT molecular complexity index is 780. The van der Waals surface area contributed by atoms with Gasteiger partial charge in [0.25, 0.3) is 0 Å². The van der Waals surface area contributed by atoms with E-state index in [1.165, 1.54) is 0 Å². The van der Waals surface area contributed by atoms with Gasteiger partial charge in [-0.3, -0.25) is 14.4 Å².